The zero-order chi connectivity index (χ0) is 25.0. The normalized spacial score (nSPS) is 14.1. The molecule has 1 aliphatic rings. The number of anilines is 1. The lowest BCUT2D eigenvalue weighted by Gasteiger charge is -2.27. The van der Waals surface area contributed by atoms with Gasteiger partial charge in [0.2, 0.25) is 5.96 Å². The number of ether oxygens (including phenoxy) is 1. The summed E-state index contributed by atoms with van der Waals surface area (Å²) in [5, 5.41) is 4.80. The van der Waals surface area contributed by atoms with Crippen LogP contribution in [0.1, 0.15) is 11.1 Å². The molecule has 0 atom stereocenters. The van der Waals surface area contributed by atoms with E-state index in [2.05, 4.69) is 25.2 Å². The Morgan fingerprint density at radius 3 is 2.37 bits per heavy atom. The minimum absolute atomic E-state index is 0.0495. The highest BCUT2D eigenvalue weighted by molar-refractivity contribution is 6.34. The van der Waals surface area contributed by atoms with E-state index in [1.165, 1.54) is 36.5 Å². The second-order valence-corrected chi connectivity index (χ2v) is 7.89. The van der Waals surface area contributed by atoms with Crippen LogP contribution in [-0.2, 0) is 0 Å². The smallest absolute Gasteiger partial charge is 0.406 e. The summed E-state index contributed by atoms with van der Waals surface area (Å²) in [6.07, 6.45) is -3.40. The molecule has 3 aromatic carbocycles. The molecule has 3 aromatic rings. The first-order valence-electron chi connectivity index (χ1n) is 9.95. The maximum absolute atomic E-state index is 14.4. The average Bonchev–Trinajstić information content (AvgIpc) is 2.80. The standard InChI is InChI=1S/C23H15Cl2F4N5O/c24-15-6-8-16(9-7-15)34-13-30-21(20-18(25)2-1-3-19(20)26)32-22(34)33-31-12-14-4-10-17(11-5-14)35-23(27,28)29/h1-12H,13H2,(H,30,32,33). The van der Waals surface area contributed by atoms with Crippen molar-refractivity contribution in [2.45, 2.75) is 6.36 Å². The lowest BCUT2D eigenvalue weighted by Crippen LogP contribution is -2.43. The molecule has 0 fully saturated rings. The Kier molecular flexibility index (Phi) is 7.23. The van der Waals surface area contributed by atoms with Crippen LogP contribution in [0.25, 0.3) is 0 Å². The van der Waals surface area contributed by atoms with Crippen molar-refractivity contribution in [2.24, 2.45) is 15.1 Å². The molecule has 0 bridgehead atoms. The van der Waals surface area contributed by atoms with Crippen LogP contribution in [0.15, 0.2) is 81.8 Å². The van der Waals surface area contributed by atoms with Crippen molar-refractivity contribution in [3.8, 4) is 5.75 Å². The number of amidine groups is 1. The summed E-state index contributed by atoms with van der Waals surface area (Å²) in [6, 6.07) is 16.3. The summed E-state index contributed by atoms with van der Waals surface area (Å²) in [6.45, 7) is 0.0759. The molecule has 0 radical (unpaired) electrons. The Labute approximate surface area is 207 Å². The summed E-state index contributed by atoms with van der Waals surface area (Å²) in [5.74, 6) is -0.644. The second kappa shape index (κ2) is 10.3. The first-order chi connectivity index (χ1) is 16.7. The van der Waals surface area contributed by atoms with Gasteiger partial charge in [-0.1, -0.05) is 29.3 Å². The lowest BCUT2D eigenvalue weighted by atomic mass is 10.2. The molecule has 35 heavy (non-hydrogen) atoms. The predicted molar refractivity (Wildman–Crippen MR) is 128 cm³/mol. The van der Waals surface area contributed by atoms with Crippen molar-refractivity contribution in [2.75, 3.05) is 11.6 Å². The van der Waals surface area contributed by atoms with Crippen LogP contribution in [0.2, 0.25) is 10.0 Å². The summed E-state index contributed by atoms with van der Waals surface area (Å²) < 4.78 is 55.3. The Hall–Kier alpha value is -3.63. The number of hydrogen-bond acceptors (Lipinski definition) is 6. The summed E-state index contributed by atoms with van der Waals surface area (Å²) in [7, 11) is 0. The number of rotatable bonds is 5. The summed E-state index contributed by atoms with van der Waals surface area (Å²) in [4.78, 5) is 10.4. The zero-order valence-electron chi connectivity index (χ0n) is 17.6. The highest BCUT2D eigenvalue weighted by Gasteiger charge is 2.31. The maximum atomic E-state index is 14.4. The van der Waals surface area contributed by atoms with Crippen LogP contribution in [-0.4, -0.2) is 31.0 Å². The van der Waals surface area contributed by atoms with Crippen LogP contribution in [0.3, 0.4) is 0 Å². The van der Waals surface area contributed by atoms with E-state index in [0.717, 1.165) is 12.1 Å². The van der Waals surface area contributed by atoms with Crippen molar-refractivity contribution in [3.05, 3.63) is 93.7 Å². The quantitative estimate of drug-likeness (QED) is 0.245. The molecule has 0 amide bonds. The monoisotopic (exact) mass is 523 g/mol. The van der Waals surface area contributed by atoms with Gasteiger partial charge in [-0.05, 0) is 66.2 Å². The largest absolute Gasteiger partial charge is 0.573 e. The zero-order valence-corrected chi connectivity index (χ0v) is 19.1. The highest BCUT2D eigenvalue weighted by atomic mass is 35.5. The van der Waals surface area contributed by atoms with Crippen molar-refractivity contribution in [1.82, 2.24) is 5.43 Å². The predicted octanol–water partition coefficient (Wildman–Crippen LogP) is 6.24. The van der Waals surface area contributed by atoms with Gasteiger partial charge in [0.05, 0.1) is 16.8 Å². The van der Waals surface area contributed by atoms with Crippen molar-refractivity contribution in [1.29, 1.82) is 0 Å². The number of alkyl halides is 3. The molecule has 0 saturated heterocycles. The van der Waals surface area contributed by atoms with Gasteiger partial charge in [-0.2, -0.15) is 10.1 Å². The maximum Gasteiger partial charge on any atom is 0.573 e. The van der Waals surface area contributed by atoms with E-state index in [0.29, 0.717) is 16.3 Å². The lowest BCUT2D eigenvalue weighted by molar-refractivity contribution is -0.274. The summed E-state index contributed by atoms with van der Waals surface area (Å²) in [5.41, 5.74) is 4.01. The van der Waals surface area contributed by atoms with Gasteiger partial charge in [-0.15, -0.1) is 13.2 Å². The van der Waals surface area contributed by atoms with E-state index in [4.69, 9.17) is 23.2 Å². The average molecular weight is 524 g/mol. The molecule has 0 unspecified atom stereocenters. The number of benzene rings is 3. The van der Waals surface area contributed by atoms with Gasteiger partial charge in [0.25, 0.3) is 0 Å². The highest BCUT2D eigenvalue weighted by Crippen LogP contribution is 2.25. The number of nitrogens with one attached hydrogen (secondary N) is 1. The topological polar surface area (TPSA) is 61.6 Å². The molecule has 4 rings (SSSR count). The fourth-order valence-electron chi connectivity index (χ4n) is 3.08. The molecular formula is C23H15Cl2F4N5O. The van der Waals surface area contributed by atoms with E-state index in [-0.39, 0.29) is 34.8 Å². The third-order valence-corrected chi connectivity index (χ3v) is 5.21. The third-order valence-electron chi connectivity index (χ3n) is 4.65. The van der Waals surface area contributed by atoms with E-state index < -0.39 is 12.2 Å². The van der Waals surface area contributed by atoms with Gasteiger partial charge in [0.1, 0.15) is 18.2 Å². The van der Waals surface area contributed by atoms with E-state index in [1.807, 2.05) is 0 Å². The fourth-order valence-corrected chi connectivity index (χ4v) is 3.45. The Bertz CT molecular complexity index is 1270. The van der Waals surface area contributed by atoms with Crippen LogP contribution in [0.5, 0.6) is 5.75 Å². The summed E-state index contributed by atoms with van der Waals surface area (Å²) >= 11 is 12.1. The molecule has 1 aliphatic heterocycles. The van der Waals surface area contributed by atoms with Gasteiger partial charge < -0.3 is 4.74 Å². The van der Waals surface area contributed by atoms with E-state index in [1.54, 1.807) is 29.2 Å². The van der Waals surface area contributed by atoms with E-state index >= 15 is 0 Å². The Morgan fingerprint density at radius 1 is 1.00 bits per heavy atom. The molecule has 1 heterocycles. The van der Waals surface area contributed by atoms with Gasteiger partial charge in [0.15, 0.2) is 5.84 Å². The second-order valence-electron chi connectivity index (χ2n) is 7.05. The molecule has 0 aliphatic carbocycles. The molecule has 0 aromatic heterocycles. The van der Waals surface area contributed by atoms with Crippen molar-refractivity contribution < 1.29 is 22.3 Å². The van der Waals surface area contributed by atoms with Crippen molar-refractivity contribution in [3.63, 3.8) is 0 Å². The minimum atomic E-state index is -4.78. The Balaban J connectivity index is 1.59. The van der Waals surface area contributed by atoms with Gasteiger partial charge in [0, 0.05) is 10.7 Å². The fraction of sp³-hybridized carbons (Fsp3) is 0.0870. The number of halogens is 6. The molecular weight excluding hydrogens is 509 g/mol. The first-order valence-corrected chi connectivity index (χ1v) is 10.7. The van der Waals surface area contributed by atoms with Gasteiger partial charge in [-0.3, -0.25) is 4.90 Å². The molecule has 6 nitrogen and oxygen atoms in total. The van der Waals surface area contributed by atoms with Gasteiger partial charge >= 0.3 is 6.36 Å². The number of guanidine groups is 1. The molecule has 0 spiro atoms. The van der Waals surface area contributed by atoms with Gasteiger partial charge in [-0.25, -0.2) is 14.8 Å². The van der Waals surface area contributed by atoms with Crippen molar-refractivity contribution >= 4 is 46.9 Å². The first kappa shape index (κ1) is 24.5. The molecule has 12 heteroatoms. The third kappa shape index (κ3) is 6.28. The molecule has 180 valence electrons. The number of hydrogen-bond donors (Lipinski definition) is 1. The SMILES string of the molecule is Fc1cccc(Cl)c1C1=NCN(c2ccc(Cl)cc2)C(NN=Cc2ccc(OC(F)(F)F)cc2)=N1. The van der Waals surface area contributed by atoms with Crippen LogP contribution >= 0.6 is 23.2 Å². The number of nitrogens with zero attached hydrogens (tertiary/aromatic N) is 4. The molecule has 1 N–H and O–H groups in total. The van der Waals surface area contributed by atoms with Crippen LogP contribution in [0.4, 0.5) is 23.2 Å². The molecule has 0 saturated carbocycles. The number of hydrazone groups is 1. The van der Waals surface area contributed by atoms with E-state index in [9.17, 15) is 17.6 Å². The Morgan fingerprint density at radius 2 is 1.71 bits per heavy atom. The minimum Gasteiger partial charge on any atom is -0.406 e. The number of aliphatic imine (C=N–C) groups is 2. The van der Waals surface area contributed by atoms with Crippen LogP contribution in [0, 0.1) is 5.82 Å². The van der Waals surface area contributed by atoms with Crippen LogP contribution < -0.4 is 15.1 Å².